The van der Waals surface area contributed by atoms with Gasteiger partial charge in [-0.15, -0.1) is 0 Å². The van der Waals surface area contributed by atoms with Crippen molar-refractivity contribution in [1.82, 2.24) is 5.32 Å². The van der Waals surface area contributed by atoms with E-state index in [9.17, 15) is 4.79 Å². The van der Waals surface area contributed by atoms with Gasteiger partial charge in [0, 0.05) is 16.6 Å². The van der Waals surface area contributed by atoms with Crippen LogP contribution < -0.4 is 5.32 Å². The van der Waals surface area contributed by atoms with Crippen LogP contribution in [0.2, 0.25) is 0 Å². The van der Waals surface area contributed by atoms with Gasteiger partial charge in [0.2, 0.25) is 0 Å². The monoisotopic (exact) mass is 339 g/mol. The second-order valence-electron chi connectivity index (χ2n) is 4.80. The molecule has 0 saturated carbocycles. The molecule has 104 valence electrons. The molecule has 0 saturated heterocycles. The normalized spacial score (nSPS) is 10.5. The summed E-state index contributed by atoms with van der Waals surface area (Å²) >= 11 is 3.49. The number of hydrogen-bond acceptors (Lipinski definition) is 1. The van der Waals surface area contributed by atoms with Crippen LogP contribution in [0.1, 0.15) is 15.9 Å². The maximum absolute atomic E-state index is 12.4. The van der Waals surface area contributed by atoms with E-state index in [2.05, 4.69) is 21.2 Å². The van der Waals surface area contributed by atoms with Gasteiger partial charge in [0.05, 0.1) is 0 Å². The van der Waals surface area contributed by atoms with Crippen LogP contribution in [0.4, 0.5) is 0 Å². The Morgan fingerprint density at radius 3 is 2.48 bits per heavy atom. The molecule has 0 heterocycles. The summed E-state index contributed by atoms with van der Waals surface area (Å²) in [7, 11) is 0. The predicted molar refractivity (Wildman–Crippen MR) is 89.3 cm³/mol. The highest BCUT2D eigenvalue weighted by Crippen LogP contribution is 2.19. The summed E-state index contributed by atoms with van der Waals surface area (Å²) in [4.78, 5) is 12.4. The van der Waals surface area contributed by atoms with Gasteiger partial charge in [0.25, 0.3) is 5.91 Å². The summed E-state index contributed by atoms with van der Waals surface area (Å²) in [5.41, 5.74) is 1.77. The zero-order chi connectivity index (χ0) is 14.7. The number of carbonyl (C=O) groups is 1. The van der Waals surface area contributed by atoms with Gasteiger partial charge in [-0.2, -0.15) is 0 Å². The molecule has 0 atom stereocenters. The van der Waals surface area contributed by atoms with Crippen molar-refractivity contribution in [2.45, 2.75) is 6.54 Å². The van der Waals surface area contributed by atoms with Crippen LogP contribution in [0.5, 0.6) is 0 Å². The lowest BCUT2D eigenvalue weighted by Gasteiger charge is -2.09. The zero-order valence-electron chi connectivity index (χ0n) is 11.3. The smallest absolute Gasteiger partial charge is 0.252 e. The molecule has 3 aromatic rings. The average Bonchev–Trinajstić information content (AvgIpc) is 2.53. The van der Waals surface area contributed by atoms with E-state index < -0.39 is 0 Å². The zero-order valence-corrected chi connectivity index (χ0v) is 12.9. The lowest BCUT2D eigenvalue weighted by Crippen LogP contribution is -2.23. The van der Waals surface area contributed by atoms with Gasteiger partial charge in [0.1, 0.15) is 0 Å². The van der Waals surface area contributed by atoms with Gasteiger partial charge in [-0.05, 0) is 28.5 Å². The molecule has 3 heteroatoms. The van der Waals surface area contributed by atoms with Crippen LogP contribution in [-0.2, 0) is 6.54 Å². The highest BCUT2D eigenvalue weighted by Gasteiger charge is 2.09. The number of rotatable bonds is 3. The van der Waals surface area contributed by atoms with E-state index >= 15 is 0 Å². The van der Waals surface area contributed by atoms with Gasteiger partial charge in [0.15, 0.2) is 0 Å². The molecular formula is C18H14BrNO. The molecule has 0 bridgehead atoms. The Morgan fingerprint density at radius 1 is 0.905 bits per heavy atom. The summed E-state index contributed by atoms with van der Waals surface area (Å²) in [5, 5.41) is 5.03. The topological polar surface area (TPSA) is 29.1 Å². The highest BCUT2D eigenvalue weighted by atomic mass is 79.9. The van der Waals surface area contributed by atoms with Gasteiger partial charge in [-0.3, -0.25) is 4.79 Å². The molecule has 3 rings (SSSR count). The minimum atomic E-state index is -0.0532. The van der Waals surface area contributed by atoms with E-state index in [0.29, 0.717) is 12.1 Å². The van der Waals surface area contributed by atoms with Crippen LogP contribution in [0.15, 0.2) is 71.2 Å². The molecule has 0 aliphatic carbocycles. The summed E-state index contributed by atoms with van der Waals surface area (Å²) in [6.45, 7) is 0.503. The van der Waals surface area contributed by atoms with E-state index in [-0.39, 0.29) is 5.91 Å². The molecule has 0 fully saturated rings. The fraction of sp³-hybridized carbons (Fsp3) is 0.0556. The lowest BCUT2D eigenvalue weighted by atomic mass is 10.0. The largest absolute Gasteiger partial charge is 0.348 e. The van der Waals surface area contributed by atoms with E-state index in [0.717, 1.165) is 20.8 Å². The third-order valence-corrected chi connectivity index (χ3v) is 4.21. The van der Waals surface area contributed by atoms with Crippen LogP contribution in [0, 0.1) is 0 Å². The molecule has 21 heavy (non-hydrogen) atoms. The first-order valence-electron chi connectivity index (χ1n) is 6.75. The summed E-state index contributed by atoms with van der Waals surface area (Å²) in [5.74, 6) is -0.0532. The number of fused-ring (bicyclic) bond motifs is 1. The SMILES string of the molecule is O=C(NCc1ccccc1Br)c1cccc2ccccc12. The molecule has 0 aliphatic rings. The number of amides is 1. The van der Waals surface area contributed by atoms with Gasteiger partial charge in [-0.1, -0.05) is 70.5 Å². The second kappa shape index (κ2) is 6.10. The third-order valence-electron chi connectivity index (χ3n) is 3.43. The van der Waals surface area contributed by atoms with Gasteiger partial charge < -0.3 is 5.32 Å². The van der Waals surface area contributed by atoms with Crippen molar-refractivity contribution in [3.63, 3.8) is 0 Å². The minimum absolute atomic E-state index is 0.0532. The predicted octanol–water partition coefficient (Wildman–Crippen LogP) is 4.53. The Morgan fingerprint density at radius 2 is 1.62 bits per heavy atom. The first-order chi connectivity index (χ1) is 10.3. The molecular weight excluding hydrogens is 326 g/mol. The van der Waals surface area contributed by atoms with Gasteiger partial charge >= 0.3 is 0 Å². The maximum Gasteiger partial charge on any atom is 0.252 e. The van der Waals surface area contributed by atoms with Crippen molar-refractivity contribution >= 4 is 32.6 Å². The second-order valence-corrected chi connectivity index (χ2v) is 5.66. The Kier molecular flexibility index (Phi) is 4.02. The van der Waals surface area contributed by atoms with E-state index in [1.165, 1.54) is 0 Å². The van der Waals surface area contributed by atoms with Crippen molar-refractivity contribution in [3.05, 3.63) is 82.3 Å². The molecule has 3 aromatic carbocycles. The average molecular weight is 340 g/mol. The van der Waals surface area contributed by atoms with Crippen LogP contribution in [0.25, 0.3) is 10.8 Å². The number of carbonyl (C=O) groups excluding carboxylic acids is 1. The first kappa shape index (κ1) is 13.8. The third kappa shape index (κ3) is 2.98. The molecule has 1 N–H and O–H groups in total. The summed E-state index contributed by atoms with van der Waals surface area (Å²) in [6.07, 6.45) is 0. The van der Waals surface area contributed by atoms with E-state index in [4.69, 9.17) is 0 Å². The molecule has 0 radical (unpaired) electrons. The van der Waals surface area contributed by atoms with E-state index in [1.54, 1.807) is 0 Å². The molecule has 0 unspecified atom stereocenters. The van der Waals surface area contributed by atoms with Crippen molar-refractivity contribution in [3.8, 4) is 0 Å². The van der Waals surface area contributed by atoms with E-state index in [1.807, 2.05) is 66.7 Å². The Hall–Kier alpha value is -2.13. The van der Waals surface area contributed by atoms with Crippen LogP contribution >= 0.6 is 15.9 Å². The quantitative estimate of drug-likeness (QED) is 0.746. The summed E-state index contributed by atoms with van der Waals surface area (Å²) < 4.78 is 1.00. The first-order valence-corrected chi connectivity index (χ1v) is 7.54. The minimum Gasteiger partial charge on any atom is -0.348 e. The fourth-order valence-corrected chi connectivity index (χ4v) is 2.76. The van der Waals surface area contributed by atoms with Crippen molar-refractivity contribution < 1.29 is 4.79 Å². The number of benzene rings is 3. The Balaban J connectivity index is 1.83. The van der Waals surface area contributed by atoms with Crippen molar-refractivity contribution in [2.24, 2.45) is 0 Å². The fourth-order valence-electron chi connectivity index (χ4n) is 2.34. The molecule has 0 aromatic heterocycles. The van der Waals surface area contributed by atoms with Crippen LogP contribution in [-0.4, -0.2) is 5.91 Å². The number of nitrogens with one attached hydrogen (secondary N) is 1. The van der Waals surface area contributed by atoms with Gasteiger partial charge in [-0.25, -0.2) is 0 Å². The lowest BCUT2D eigenvalue weighted by molar-refractivity contribution is 0.0952. The number of hydrogen-bond donors (Lipinski definition) is 1. The summed E-state index contributed by atoms with van der Waals surface area (Å²) in [6, 6.07) is 21.6. The molecule has 0 spiro atoms. The van der Waals surface area contributed by atoms with Crippen LogP contribution in [0.3, 0.4) is 0 Å². The molecule has 1 amide bonds. The highest BCUT2D eigenvalue weighted by molar-refractivity contribution is 9.10. The Labute approximate surface area is 131 Å². The van der Waals surface area contributed by atoms with Crippen molar-refractivity contribution in [1.29, 1.82) is 0 Å². The standard InChI is InChI=1S/C18H14BrNO/c19-17-11-4-2-7-14(17)12-20-18(21)16-10-5-8-13-6-1-3-9-15(13)16/h1-11H,12H2,(H,20,21). The maximum atomic E-state index is 12.4. The molecule has 2 nitrogen and oxygen atoms in total. The molecule has 0 aliphatic heterocycles. The van der Waals surface area contributed by atoms with Crippen molar-refractivity contribution in [2.75, 3.05) is 0 Å². The number of halogens is 1. The Bertz CT molecular complexity index is 793.